The zero-order valence-corrected chi connectivity index (χ0v) is 15.4. The van der Waals surface area contributed by atoms with Gasteiger partial charge >= 0.3 is 0 Å². The molecule has 0 heterocycles. The van der Waals surface area contributed by atoms with Crippen LogP contribution in [-0.4, -0.2) is 12.1 Å². The van der Waals surface area contributed by atoms with Crippen molar-refractivity contribution in [1.29, 1.82) is 0 Å². The Morgan fingerprint density at radius 2 is 2.00 bits per heavy atom. The predicted molar refractivity (Wildman–Crippen MR) is 106 cm³/mol. The first kappa shape index (κ1) is 19.6. The number of hydrazine groups is 1. The smallest absolute Gasteiger partial charge is 0.269 e. The van der Waals surface area contributed by atoms with Crippen molar-refractivity contribution >= 4 is 29.8 Å². The molecule has 0 atom stereocenters. The fraction of sp³-hybridized carbons (Fsp3) is 0.100. The van der Waals surface area contributed by atoms with E-state index in [2.05, 4.69) is 21.8 Å². The van der Waals surface area contributed by atoms with E-state index in [0.29, 0.717) is 16.8 Å². The highest BCUT2D eigenvalue weighted by Gasteiger charge is 2.16. The van der Waals surface area contributed by atoms with Gasteiger partial charge in [0, 0.05) is 16.7 Å². The second-order valence-corrected chi connectivity index (χ2v) is 6.26. The average Bonchev–Trinajstić information content (AvgIpc) is 2.64. The summed E-state index contributed by atoms with van der Waals surface area (Å²) in [5.74, 6) is -1.14. The number of hydrogen-bond donors (Lipinski definition) is 2. The maximum Gasteiger partial charge on any atom is 0.269 e. The van der Waals surface area contributed by atoms with Crippen molar-refractivity contribution in [3.05, 3.63) is 83.7 Å². The first-order valence-electron chi connectivity index (χ1n) is 7.95. The molecule has 0 saturated heterocycles. The van der Waals surface area contributed by atoms with Crippen LogP contribution in [0.2, 0.25) is 0 Å². The van der Waals surface area contributed by atoms with E-state index in [4.69, 9.17) is 0 Å². The SMILES string of the molecule is C=C(/N=C\C=C/C)c1cc(C)c(F)c(C(=O)NNSc2ccccc2)c1. The molecule has 0 aliphatic heterocycles. The van der Waals surface area contributed by atoms with Crippen LogP contribution in [0.3, 0.4) is 0 Å². The lowest BCUT2D eigenvalue weighted by atomic mass is 10.0. The zero-order valence-electron chi connectivity index (χ0n) is 14.6. The molecule has 0 radical (unpaired) electrons. The van der Waals surface area contributed by atoms with Crippen molar-refractivity contribution in [2.75, 3.05) is 0 Å². The van der Waals surface area contributed by atoms with E-state index >= 15 is 0 Å². The third-order valence-electron chi connectivity index (χ3n) is 3.42. The lowest BCUT2D eigenvalue weighted by Gasteiger charge is -2.11. The lowest BCUT2D eigenvalue weighted by molar-refractivity contribution is 0.0943. The quantitative estimate of drug-likeness (QED) is 0.423. The van der Waals surface area contributed by atoms with Gasteiger partial charge < -0.3 is 0 Å². The van der Waals surface area contributed by atoms with Crippen LogP contribution < -0.4 is 10.3 Å². The van der Waals surface area contributed by atoms with Crippen LogP contribution in [-0.2, 0) is 0 Å². The van der Waals surface area contributed by atoms with Crippen LogP contribution in [0.25, 0.3) is 5.70 Å². The summed E-state index contributed by atoms with van der Waals surface area (Å²) in [7, 11) is 0. The number of carbonyl (C=O) groups excluding carboxylic acids is 1. The Kier molecular flexibility index (Phi) is 7.32. The van der Waals surface area contributed by atoms with E-state index < -0.39 is 11.7 Å². The Morgan fingerprint density at radius 1 is 1.27 bits per heavy atom. The summed E-state index contributed by atoms with van der Waals surface area (Å²) in [6, 6.07) is 12.5. The first-order valence-corrected chi connectivity index (χ1v) is 8.76. The molecule has 6 heteroatoms. The molecule has 2 N–H and O–H groups in total. The summed E-state index contributed by atoms with van der Waals surface area (Å²) >= 11 is 1.22. The van der Waals surface area contributed by atoms with Gasteiger partial charge in [0.25, 0.3) is 5.91 Å². The number of benzene rings is 2. The van der Waals surface area contributed by atoms with Gasteiger partial charge in [-0.3, -0.25) is 15.2 Å². The van der Waals surface area contributed by atoms with Gasteiger partial charge in [0.15, 0.2) is 0 Å². The van der Waals surface area contributed by atoms with Crippen molar-refractivity contribution in [2.45, 2.75) is 18.7 Å². The maximum atomic E-state index is 14.4. The highest BCUT2D eigenvalue weighted by Crippen LogP contribution is 2.21. The monoisotopic (exact) mass is 369 g/mol. The van der Waals surface area contributed by atoms with Crippen molar-refractivity contribution < 1.29 is 9.18 Å². The number of halogens is 1. The summed E-state index contributed by atoms with van der Waals surface area (Å²) in [4.78, 5) is 20.2. The van der Waals surface area contributed by atoms with Gasteiger partial charge in [0.2, 0.25) is 0 Å². The van der Waals surface area contributed by atoms with E-state index in [1.165, 1.54) is 18.0 Å². The van der Waals surface area contributed by atoms with Crippen LogP contribution in [0, 0.1) is 12.7 Å². The fourth-order valence-electron chi connectivity index (χ4n) is 2.08. The molecule has 4 nitrogen and oxygen atoms in total. The van der Waals surface area contributed by atoms with Crippen LogP contribution in [0.1, 0.15) is 28.4 Å². The van der Waals surface area contributed by atoms with E-state index in [1.54, 1.807) is 25.3 Å². The van der Waals surface area contributed by atoms with Crippen molar-refractivity contribution in [3.63, 3.8) is 0 Å². The summed E-state index contributed by atoms with van der Waals surface area (Å²) in [6.07, 6.45) is 5.19. The highest BCUT2D eigenvalue weighted by molar-refractivity contribution is 7.97. The number of aliphatic imine (C=N–C) groups is 1. The molecule has 0 fully saturated rings. The molecule has 0 spiro atoms. The van der Waals surface area contributed by atoms with Gasteiger partial charge in [-0.25, -0.2) is 4.39 Å². The van der Waals surface area contributed by atoms with Crippen LogP contribution in [0.5, 0.6) is 0 Å². The van der Waals surface area contributed by atoms with Gasteiger partial charge in [-0.05, 0) is 61.7 Å². The molecule has 134 valence electrons. The molecule has 2 aromatic carbocycles. The molecule has 0 aromatic heterocycles. The van der Waals surface area contributed by atoms with Gasteiger partial charge in [-0.15, -0.1) is 0 Å². The summed E-state index contributed by atoms with van der Waals surface area (Å²) < 4.78 is 14.4. The molecule has 0 aliphatic rings. The minimum Gasteiger partial charge on any atom is -0.277 e. The number of nitrogens with zero attached hydrogens (tertiary/aromatic N) is 1. The molecule has 0 bridgehead atoms. The van der Waals surface area contributed by atoms with Crippen LogP contribution in [0.15, 0.2) is 71.1 Å². The van der Waals surface area contributed by atoms with Gasteiger partial charge in [-0.2, -0.15) is 4.83 Å². The predicted octanol–water partition coefficient (Wildman–Crippen LogP) is 4.69. The first-order chi connectivity index (χ1) is 12.5. The molecular weight excluding hydrogens is 349 g/mol. The number of aryl methyl sites for hydroxylation is 1. The fourth-order valence-corrected chi connectivity index (χ4v) is 2.64. The third kappa shape index (κ3) is 5.40. The molecular formula is C20H20FN3OS. The van der Waals surface area contributed by atoms with E-state index in [1.807, 2.05) is 43.3 Å². The molecule has 0 aliphatic carbocycles. The Morgan fingerprint density at radius 3 is 2.69 bits per heavy atom. The number of rotatable bonds is 7. The van der Waals surface area contributed by atoms with Gasteiger partial charge in [-0.1, -0.05) is 30.9 Å². The normalized spacial score (nSPS) is 11.2. The van der Waals surface area contributed by atoms with Crippen LogP contribution >= 0.6 is 11.9 Å². The highest BCUT2D eigenvalue weighted by atomic mass is 32.2. The lowest BCUT2D eigenvalue weighted by Crippen LogP contribution is -2.33. The van der Waals surface area contributed by atoms with Gasteiger partial charge in [0.05, 0.1) is 11.3 Å². The van der Waals surface area contributed by atoms with Crippen molar-refractivity contribution in [1.82, 2.24) is 10.3 Å². The molecule has 1 amide bonds. The Bertz CT molecular complexity index is 848. The molecule has 2 aromatic rings. The average molecular weight is 369 g/mol. The molecule has 0 unspecified atom stereocenters. The van der Waals surface area contributed by atoms with E-state index in [0.717, 1.165) is 4.90 Å². The number of nitrogens with one attached hydrogen (secondary N) is 2. The topological polar surface area (TPSA) is 53.5 Å². The van der Waals surface area contributed by atoms with Crippen molar-refractivity contribution in [2.24, 2.45) is 4.99 Å². The van der Waals surface area contributed by atoms with E-state index in [9.17, 15) is 9.18 Å². The largest absolute Gasteiger partial charge is 0.277 e. The molecule has 0 saturated carbocycles. The minimum atomic E-state index is -0.568. The molecule has 26 heavy (non-hydrogen) atoms. The number of hydrogen-bond acceptors (Lipinski definition) is 4. The summed E-state index contributed by atoms with van der Waals surface area (Å²) in [5.41, 5.74) is 3.81. The Labute approximate surface area is 157 Å². The standard InChI is InChI=1S/C20H20FN3OS/c1-4-5-11-22-15(3)16-12-14(2)19(21)18(13-16)20(25)23-24-26-17-9-7-6-8-10-17/h4-13,24H,3H2,1-2H3,(H,23,25)/b5-4-,22-11-. The number of amides is 1. The Hall–Kier alpha value is -2.70. The number of carbonyl (C=O) groups is 1. The van der Waals surface area contributed by atoms with Gasteiger partial charge in [0.1, 0.15) is 5.82 Å². The second kappa shape index (κ2) is 9.70. The van der Waals surface area contributed by atoms with Crippen LogP contribution in [0.4, 0.5) is 4.39 Å². The summed E-state index contributed by atoms with van der Waals surface area (Å²) in [6.45, 7) is 7.34. The Balaban J connectivity index is 2.11. The minimum absolute atomic E-state index is 0.0662. The molecule has 2 rings (SSSR count). The third-order valence-corrected chi connectivity index (χ3v) is 4.13. The summed E-state index contributed by atoms with van der Waals surface area (Å²) in [5, 5.41) is 0. The zero-order chi connectivity index (χ0) is 18.9. The number of allylic oxidation sites excluding steroid dienone is 2. The maximum absolute atomic E-state index is 14.4. The second-order valence-electron chi connectivity index (χ2n) is 5.38. The van der Waals surface area contributed by atoms with Crippen molar-refractivity contribution in [3.8, 4) is 0 Å². The van der Waals surface area contributed by atoms with E-state index in [-0.39, 0.29) is 5.56 Å².